The molecule has 2 aromatic heterocycles. The Morgan fingerprint density at radius 1 is 1.15 bits per heavy atom. The van der Waals surface area contributed by atoms with Gasteiger partial charge in [-0.15, -0.1) is 0 Å². The van der Waals surface area contributed by atoms with E-state index in [0.717, 1.165) is 0 Å². The molecule has 0 amide bonds. The van der Waals surface area contributed by atoms with E-state index in [9.17, 15) is 19.1 Å². The Hall–Kier alpha value is -4.27. The molecule has 0 saturated heterocycles. The molecule has 1 aliphatic rings. The average molecular weight is 459 g/mol. The number of halogens is 1. The molecule has 2 N–H and O–H groups in total. The normalized spacial score (nSPS) is 13.7. The summed E-state index contributed by atoms with van der Waals surface area (Å²) in [7, 11) is 1.63. The number of hydrogen-bond donors (Lipinski definition) is 2. The Kier molecular flexibility index (Phi) is 5.24. The quantitative estimate of drug-likeness (QED) is 0.467. The van der Waals surface area contributed by atoms with Crippen LogP contribution in [0.2, 0.25) is 0 Å². The summed E-state index contributed by atoms with van der Waals surface area (Å²) < 4.78 is 16.0. The molecule has 3 heterocycles. The highest BCUT2D eigenvalue weighted by Crippen LogP contribution is 2.30. The summed E-state index contributed by atoms with van der Waals surface area (Å²) in [5.41, 5.74) is 2.78. The number of aromatic carboxylic acids is 1. The van der Waals surface area contributed by atoms with Crippen molar-refractivity contribution in [2.24, 2.45) is 7.05 Å². The monoisotopic (exact) mass is 459 g/mol. The van der Waals surface area contributed by atoms with E-state index < -0.39 is 17.8 Å². The van der Waals surface area contributed by atoms with E-state index in [2.05, 4.69) is 10.3 Å². The smallest absolute Gasteiger partial charge is 0.339 e. The zero-order valence-electron chi connectivity index (χ0n) is 18.6. The number of fused-ring (bicyclic) bond motifs is 2. The largest absolute Gasteiger partial charge is 0.478 e. The first kappa shape index (κ1) is 21.6. The molecule has 4 aromatic rings. The highest BCUT2D eigenvalue weighted by atomic mass is 19.1. The van der Waals surface area contributed by atoms with Crippen LogP contribution in [0.1, 0.15) is 40.0 Å². The molecule has 2 aromatic carbocycles. The van der Waals surface area contributed by atoms with E-state index in [1.54, 1.807) is 14.0 Å². The van der Waals surface area contributed by atoms with Gasteiger partial charge in [-0.2, -0.15) is 0 Å². The predicted octanol–water partition coefficient (Wildman–Crippen LogP) is 3.86. The molecule has 0 unspecified atom stereocenters. The van der Waals surface area contributed by atoms with Gasteiger partial charge in [-0.1, -0.05) is 24.3 Å². The Morgan fingerprint density at radius 2 is 1.85 bits per heavy atom. The zero-order valence-corrected chi connectivity index (χ0v) is 18.6. The molecule has 34 heavy (non-hydrogen) atoms. The van der Waals surface area contributed by atoms with E-state index in [-0.39, 0.29) is 22.3 Å². The lowest BCUT2D eigenvalue weighted by Crippen LogP contribution is -2.28. The van der Waals surface area contributed by atoms with Gasteiger partial charge in [-0.05, 0) is 42.3 Å². The van der Waals surface area contributed by atoms with E-state index >= 15 is 0 Å². The van der Waals surface area contributed by atoms with Gasteiger partial charge >= 0.3 is 5.97 Å². The second-order valence-corrected chi connectivity index (χ2v) is 8.36. The Bertz CT molecular complexity index is 1480. The summed E-state index contributed by atoms with van der Waals surface area (Å²) in [6, 6.07) is 13.0. The molecule has 9 heteroatoms. The van der Waals surface area contributed by atoms with Gasteiger partial charge in [-0.3, -0.25) is 9.36 Å². The SMILES string of the molecule is C[C@@H](Nc1ncccc1C(=O)O)c1cc(F)cc2c(=O)n(C)c(N3Cc4ccccc4C3)nc12. The van der Waals surface area contributed by atoms with Gasteiger partial charge in [0.05, 0.1) is 16.9 Å². The van der Waals surface area contributed by atoms with Gasteiger partial charge < -0.3 is 15.3 Å². The maximum absolute atomic E-state index is 14.6. The number of hydrogen-bond acceptors (Lipinski definition) is 6. The van der Waals surface area contributed by atoms with Crippen LogP contribution in [0.15, 0.2) is 59.5 Å². The molecule has 1 aliphatic heterocycles. The van der Waals surface area contributed by atoms with Gasteiger partial charge in [0.15, 0.2) is 0 Å². The van der Waals surface area contributed by atoms with Gasteiger partial charge in [0, 0.05) is 31.9 Å². The van der Waals surface area contributed by atoms with E-state index in [4.69, 9.17) is 4.98 Å². The number of carbonyl (C=O) groups is 1. The number of aromatic nitrogens is 3. The van der Waals surface area contributed by atoms with Gasteiger partial charge in [0.25, 0.3) is 5.56 Å². The van der Waals surface area contributed by atoms with Gasteiger partial charge in [0.1, 0.15) is 17.2 Å². The Labute approximate surface area is 194 Å². The summed E-state index contributed by atoms with van der Waals surface area (Å²) in [6.07, 6.45) is 1.47. The summed E-state index contributed by atoms with van der Waals surface area (Å²) >= 11 is 0. The van der Waals surface area contributed by atoms with Crippen molar-refractivity contribution < 1.29 is 14.3 Å². The number of benzene rings is 2. The highest BCUT2D eigenvalue weighted by Gasteiger charge is 2.25. The van der Waals surface area contributed by atoms with Crippen LogP contribution in [0.4, 0.5) is 16.2 Å². The molecule has 8 nitrogen and oxygen atoms in total. The minimum absolute atomic E-state index is 0.00514. The minimum Gasteiger partial charge on any atom is -0.478 e. The summed E-state index contributed by atoms with van der Waals surface area (Å²) in [4.78, 5) is 35.7. The maximum Gasteiger partial charge on any atom is 0.339 e. The molecular weight excluding hydrogens is 437 g/mol. The van der Waals surface area contributed by atoms with Crippen LogP contribution in [0, 0.1) is 5.82 Å². The number of rotatable bonds is 5. The van der Waals surface area contributed by atoms with Crippen molar-refractivity contribution in [1.82, 2.24) is 14.5 Å². The molecular formula is C25H22FN5O3. The maximum atomic E-state index is 14.6. The van der Waals surface area contributed by atoms with Crippen molar-refractivity contribution >= 4 is 28.6 Å². The fourth-order valence-electron chi connectivity index (χ4n) is 4.42. The number of nitrogens with one attached hydrogen (secondary N) is 1. The average Bonchev–Trinajstić information content (AvgIpc) is 3.25. The third kappa shape index (κ3) is 3.64. The van der Waals surface area contributed by atoms with Crippen LogP contribution in [-0.2, 0) is 20.1 Å². The van der Waals surface area contributed by atoms with Crippen molar-refractivity contribution in [2.75, 3.05) is 10.2 Å². The van der Waals surface area contributed by atoms with Crippen LogP contribution in [-0.4, -0.2) is 25.6 Å². The second kappa shape index (κ2) is 8.26. The summed E-state index contributed by atoms with van der Waals surface area (Å²) in [6.45, 7) is 2.98. The molecule has 0 spiro atoms. The van der Waals surface area contributed by atoms with E-state index in [1.165, 1.54) is 46.2 Å². The lowest BCUT2D eigenvalue weighted by Gasteiger charge is -2.22. The van der Waals surface area contributed by atoms with Gasteiger partial charge in [0.2, 0.25) is 5.95 Å². The third-order valence-electron chi connectivity index (χ3n) is 6.13. The number of carboxylic acids is 1. The second-order valence-electron chi connectivity index (χ2n) is 8.36. The molecule has 0 bridgehead atoms. The highest BCUT2D eigenvalue weighted by molar-refractivity contribution is 5.93. The summed E-state index contributed by atoms with van der Waals surface area (Å²) in [5, 5.41) is 12.7. The lowest BCUT2D eigenvalue weighted by molar-refractivity contribution is 0.0697. The predicted molar refractivity (Wildman–Crippen MR) is 127 cm³/mol. The number of pyridine rings is 1. The molecule has 1 atom stereocenters. The number of carboxylic acid groups (broad SMARTS) is 1. The van der Waals surface area contributed by atoms with Crippen LogP contribution in [0.3, 0.4) is 0 Å². The lowest BCUT2D eigenvalue weighted by atomic mass is 10.0. The Balaban J connectivity index is 1.60. The minimum atomic E-state index is -1.13. The number of nitrogens with zero attached hydrogens (tertiary/aromatic N) is 4. The van der Waals surface area contributed by atoms with Crippen molar-refractivity contribution in [2.45, 2.75) is 26.1 Å². The standard InChI is InChI=1S/C25H22FN5O3/c1-14(28-22-18(24(33)34)8-5-9-27-22)19-10-17(26)11-20-21(19)29-25(30(2)23(20)32)31-12-15-6-3-4-7-16(15)13-31/h3-11,14H,12-13H2,1-2H3,(H,27,28)(H,33,34)/t14-/m1/s1. The topological polar surface area (TPSA) is 100 Å². The van der Waals surface area contributed by atoms with Crippen molar-refractivity contribution in [3.8, 4) is 0 Å². The Morgan fingerprint density at radius 3 is 2.53 bits per heavy atom. The van der Waals surface area contributed by atoms with Crippen molar-refractivity contribution in [1.29, 1.82) is 0 Å². The molecule has 5 rings (SSSR count). The first-order chi connectivity index (χ1) is 16.3. The van der Waals surface area contributed by atoms with Crippen LogP contribution in [0.25, 0.3) is 10.9 Å². The first-order valence-electron chi connectivity index (χ1n) is 10.8. The zero-order chi connectivity index (χ0) is 24.0. The molecule has 0 saturated carbocycles. The van der Waals surface area contributed by atoms with E-state index in [0.29, 0.717) is 30.1 Å². The van der Waals surface area contributed by atoms with Crippen LogP contribution < -0.4 is 15.8 Å². The molecule has 172 valence electrons. The van der Waals surface area contributed by atoms with Gasteiger partial charge in [-0.25, -0.2) is 19.2 Å². The van der Waals surface area contributed by atoms with Crippen LogP contribution in [0.5, 0.6) is 0 Å². The van der Waals surface area contributed by atoms with Crippen molar-refractivity contribution in [3.05, 3.63) is 93.2 Å². The third-order valence-corrected chi connectivity index (χ3v) is 6.13. The molecule has 0 radical (unpaired) electrons. The van der Waals surface area contributed by atoms with E-state index in [1.807, 2.05) is 29.2 Å². The molecule has 0 aliphatic carbocycles. The molecule has 0 fully saturated rings. The first-order valence-corrected chi connectivity index (χ1v) is 10.8. The fraction of sp³-hybridized carbons (Fsp3) is 0.200. The van der Waals surface area contributed by atoms with Crippen LogP contribution >= 0.6 is 0 Å². The number of anilines is 2. The fourth-order valence-corrected chi connectivity index (χ4v) is 4.42. The summed E-state index contributed by atoms with van der Waals surface area (Å²) in [5.74, 6) is -1.07. The van der Waals surface area contributed by atoms with Crippen molar-refractivity contribution in [3.63, 3.8) is 0 Å².